The van der Waals surface area contributed by atoms with E-state index >= 15 is 0 Å². The maximum atomic E-state index is 12.5. The second kappa shape index (κ2) is 2.38. The highest BCUT2D eigenvalue weighted by Crippen LogP contribution is 2.18. The van der Waals surface area contributed by atoms with E-state index in [4.69, 9.17) is 5.11 Å². The minimum atomic E-state index is -1.21. The van der Waals surface area contributed by atoms with Crippen molar-refractivity contribution in [1.82, 2.24) is 0 Å². The molecular formula is C6H5FO2S. The SMILES string of the molecule is Cc1cc(C(=O)O)c(F)s1. The maximum absolute atomic E-state index is 12.5. The lowest BCUT2D eigenvalue weighted by atomic mass is 10.3. The number of thiophene rings is 1. The van der Waals surface area contributed by atoms with Crippen molar-refractivity contribution >= 4 is 17.3 Å². The van der Waals surface area contributed by atoms with Crippen LogP contribution in [0.25, 0.3) is 0 Å². The van der Waals surface area contributed by atoms with Gasteiger partial charge in [0.05, 0.1) is 0 Å². The molecular weight excluding hydrogens is 155 g/mol. The lowest BCUT2D eigenvalue weighted by Crippen LogP contribution is -1.95. The fraction of sp³-hybridized carbons (Fsp3) is 0.167. The van der Waals surface area contributed by atoms with E-state index in [1.165, 1.54) is 6.07 Å². The molecule has 10 heavy (non-hydrogen) atoms. The summed E-state index contributed by atoms with van der Waals surface area (Å²) in [6.45, 7) is 1.67. The van der Waals surface area contributed by atoms with Crippen LogP contribution in [0.3, 0.4) is 0 Å². The Kier molecular flexibility index (Phi) is 1.72. The molecule has 1 N–H and O–H groups in total. The van der Waals surface area contributed by atoms with Gasteiger partial charge >= 0.3 is 5.97 Å². The first-order valence-corrected chi connectivity index (χ1v) is 3.42. The van der Waals surface area contributed by atoms with Crippen molar-refractivity contribution in [3.63, 3.8) is 0 Å². The number of rotatable bonds is 1. The molecule has 0 aliphatic rings. The second-order valence-electron chi connectivity index (χ2n) is 1.85. The molecule has 1 rings (SSSR count). The molecule has 2 nitrogen and oxygen atoms in total. The monoisotopic (exact) mass is 160 g/mol. The average molecular weight is 160 g/mol. The topological polar surface area (TPSA) is 37.3 Å². The van der Waals surface area contributed by atoms with E-state index in [1.807, 2.05) is 0 Å². The molecule has 0 spiro atoms. The Hall–Kier alpha value is -0.900. The third-order valence-corrected chi connectivity index (χ3v) is 1.88. The highest BCUT2D eigenvalue weighted by Gasteiger charge is 2.12. The van der Waals surface area contributed by atoms with E-state index in [0.29, 0.717) is 4.88 Å². The van der Waals surface area contributed by atoms with Crippen LogP contribution < -0.4 is 0 Å². The standard InChI is InChI=1S/C6H5FO2S/c1-3-2-4(6(8)9)5(7)10-3/h2H,1H3,(H,8,9). The van der Waals surface area contributed by atoms with Gasteiger partial charge in [-0.2, -0.15) is 4.39 Å². The first-order chi connectivity index (χ1) is 4.61. The van der Waals surface area contributed by atoms with Gasteiger partial charge in [0.15, 0.2) is 5.13 Å². The predicted octanol–water partition coefficient (Wildman–Crippen LogP) is 1.89. The smallest absolute Gasteiger partial charge is 0.339 e. The van der Waals surface area contributed by atoms with E-state index < -0.39 is 11.1 Å². The molecule has 0 amide bonds. The Balaban J connectivity index is 3.15. The van der Waals surface area contributed by atoms with Crippen LogP contribution in [0.1, 0.15) is 15.2 Å². The minimum absolute atomic E-state index is 0.234. The molecule has 0 fully saturated rings. The lowest BCUT2D eigenvalue weighted by molar-refractivity contribution is 0.0693. The summed E-state index contributed by atoms with van der Waals surface area (Å²) >= 11 is 0.850. The van der Waals surface area contributed by atoms with Gasteiger partial charge in [0.1, 0.15) is 5.56 Å². The van der Waals surface area contributed by atoms with Crippen molar-refractivity contribution in [2.45, 2.75) is 6.92 Å². The fourth-order valence-electron chi connectivity index (χ4n) is 0.632. The van der Waals surface area contributed by atoms with E-state index in [1.54, 1.807) is 6.92 Å². The van der Waals surface area contributed by atoms with Gasteiger partial charge in [0.2, 0.25) is 0 Å². The van der Waals surface area contributed by atoms with E-state index in [2.05, 4.69) is 0 Å². The number of aromatic carboxylic acids is 1. The van der Waals surface area contributed by atoms with Crippen LogP contribution in [-0.4, -0.2) is 11.1 Å². The number of hydrogen-bond donors (Lipinski definition) is 1. The summed E-state index contributed by atoms with van der Waals surface area (Å²) in [6, 6.07) is 1.32. The quantitative estimate of drug-likeness (QED) is 0.681. The lowest BCUT2D eigenvalue weighted by Gasteiger charge is -1.83. The van der Waals surface area contributed by atoms with Gasteiger partial charge in [-0.3, -0.25) is 0 Å². The van der Waals surface area contributed by atoms with Crippen molar-refractivity contribution in [2.75, 3.05) is 0 Å². The summed E-state index contributed by atoms with van der Waals surface area (Å²) in [5.74, 6) is -1.21. The highest BCUT2D eigenvalue weighted by atomic mass is 32.1. The zero-order valence-corrected chi connectivity index (χ0v) is 6.04. The highest BCUT2D eigenvalue weighted by molar-refractivity contribution is 7.10. The van der Waals surface area contributed by atoms with E-state index in [9.17, 15) is 9.18 Å². The molecule has 4 heteroatoms. The maximum Gasteiger partial charge on any atom is 0.339 e. The third-order valence-electron chi connectivity index (χ3n) is 1.04. The van der Waals surface area contributed by atoms with Crippen LogP contribution in [0, 0.1) is 12.1 Å². The molecule has 1 aromatic heterocycles. The molecule has 0 unspecified atom stereocenters. The zero-order chi connectivity index (χ0) is 7.72. The summed E-state index contributed by atoms with van der Waals surface area (Å²) < 4.78 is 12.5. The number of carboxylic acid groups (broad SMARTS) is 1. The number of halogens is 1. The Morgan fingerprint density at radius 1 is 1.80 bits per heavy atom. The van der Waals surface area contributed by atoms with Gasteiger partial charge in [-0.25, -0.2) is 4.79 Å². The average Bonchev–Trinajstić information content (AvgIpc) is 2.10. The Labute approximate surface area is 60.9 Å². The molecule has 1 aromatic rings. The summed E-state index contributed by atoms with van der Waals surface area (Å²) in [5.41, 5.74) is -0.234. The predicted molar refractivity (Wildman–Crippen MR) is 36.0 cm³/mol. The zero-order valence-electron chi connectivity index (χ0n) is 5.22. The largest absolute Gasteiger partial charge is 0.478 e. The molecule has 0 saturated heterocycles. The summed E-state index contributed by atoms with van der Waals surface area (Å²) in [6.07, 6.45) is 0. The van der Waals surface area contributed by atoms with Crippen molar-refractivity contribution in [3.05, 3.63) is 21.6 Å². The van der Waals surface area contributed by atoms with Crippen molar-refractivity contribution < 1.29 is 14.3 Å². The Morgan fingerprint density at radius 2 is 2.40 bits per heavy atom. The molecule has 0 aliphatic carbocycles. The van der Waals surface area contributed by atoms with Crippen molar-refractivity contribution in [2.24, 2.45) is 0 Å². The number of carboxylic acids is 1. The second-order valence-corrected chi connectivity index (χ2v) is 3.06. The summed E-state index contributed by atoms with van der Waals surface area (Å²) in [4.78, 5) is 10.9. The fourth-order valence-corrected chi connectivity index (χ4v) is 1.35. The molecule has 0 radical (unpaired) electrons. The molecule has 0 bridgehead atoms. The number of hydrogen-bond acceptors (Lipinski definition) is 2. The van der Waals surface area contributed by atoms with E-state index in [-0.39, 0.29) is 5.56 Å². The van der Waals surface area contributed by atoms with Crippen LogP contribution >= 0.6 is 11.3 Å². The molecule has 0 aliphatic heterocycles. The number of aryl methyl sites for hydroxylation is 1. The Bertz CT molecular complexity index is 267. The summed E-state index contributed by atoms with van der Waals surface area (Å²) in [5, 5.41) is 7.73. The van der Waals surface area contributed by atoms with Gasteiger partial charge in [-0.1, -0.05) is 0 Å². The Morgan fingerprint density at radius 3 is 2.60 bits per heavy atom. The first-order valence-electron chi connectivity index (χ1n) is 2.60. The molecule has 1 heterocycles. The molecule has 0 aromatic carbocycles. The molecule has 0 saturated carbocycles. The van der Waals surface area contributed by atoms with Crippen LogP contribution in [0.5, 0.6) is 0 Å². The van der Waals surface area contributed by atoms with Gasteiger partial charge in [-0.05, 0) is 13.0 Å². The third kappa shape index (κ3) is 1.16. The van der Waals surface area contributed by atoms with Crippen LogP contribution in [0.4, 0.5) is 4.39 Å². The van der Waals surface area contributed by atoms with Gasteiger partial charge in [-0.15, -0.1) is 11.3 Å². The van der Waals surface area contributed by atoms with Crippen LogP contribution in [-0.2, 0) is 0 Å². The van der Waals surface area contributed by atoms with Gasteiger partial charge in [0.25, 0.3) is 0 Å². The van der Waals surface area contributed by atoms with Crippen molar-refractivity contribution in [1.29, 1.82) is 0 Å². The van der Waals surface area contributed by atoms with Crippen LogP contribution in [0.2, 0.25) is 0 Å². The minimum Gasteiger partial charge on any atom is -0.478 e. The molecule has 54 valence electrons. The van der Waals surface area contributed by atoms with Crippen LogP contribution in [0.15, 0.2) is 6.07 Å². The molecule has 0 atom stereocenters. The van der Waals surface area contributed by atoms with Crippen molar-refractivity contribution in [3.8, 4) is 0 Å². The van der Waals surface area contributed by atoms with Gasteiger partial charge < -0.3 is 5.11 Å². The number of carbonyl (C=O) groups is 1. The normalized spacial score (nSPS) is 9.80. The summed E-state index contributed by atoms with van der Waals surface area (Å²) in [7, 11) is 0. The van der Waals surface area contributed by atoms with Gasteiger partial charge in [0, 0.05) is 4.88 Å². The van der Waals surface area contributed by atoms with E-state index in [0.717, 1.165) is 11.3 Å². The first kappa shape index (κ1) is 7.21.